The molecule has 0 saturated heterocycles. The summed E-state index contributed by atoms with van der Waals surface area (Å²) in [5, 5.41) is 9.48. The summed E-state index contributed by atoms with van der Waals surface area (Å²) in [5.74, 6) is 0.134. The SMILES string of the molecule is COC(=O)c1ccc(Cl)c(NC(=O)c2ccnc(Nc3cc(C)on3)n2)c1. The number of hydrogen-bond donors (Lipinski definition) is 2. The fraction of sp³-hybridized carbons (Fsp3) is 0.118. The van der Waals surface area contributed by atoms with Gasteiger partial charge in [-0.3, -0.25) is 4.79 Å². The maximum atomic E-state index is 12.5. The van der Waals surface area contributed by atoms with Gasteiger partial charge in [0.15, 0.2) is 5.82 Å². The van der Waals surface area contributed by atoms with E-state index >= 15 is 0 Å². The Labute approximate surface area is 158 Å². The first-order valence-electron chi connectivity index (χ1n) is 7.69. The van der Waals surface area contributed by atoms with Crippen LogP contribution in [-0.4, -0.2) is 34.1 Å². The van der Waals surface area contributed by atoms with E-state index in [0.717, 1.165) is 0 Å². The van der Waals surface area contributed by atoms with Gasteiger partial charge in [-0.05, 0) is 31.2 Å². The van der Waals surface area contributed by atoms with Crippen LogP contribution in [0.25, 0.3) is 0 Å². The highest BCUT2D eigenvalue weighted by Gasteiger charge is 2.14. The molecule has 1 aromatic carbocycles. The molecule has 2 aromatic heterocycles. The monoisotopic (exact) mass is 387 g/mol. The maximum absolute atomic E-state index is 12.5. The number of esters is 1. The van der Waals surface area contributed by atoms with E-state index in [1.807, 2.05) is 0 Å². The Balaban J connectivity index is 1.78. The Hall–Kier alpha value is -3.46. The van der Waals surface area contributed by atoms with Gasteiger partial charge in [-0.15, -0.1) is 0 Å². The van der Waals surface area contributed by atoms with E-state index in [2.05, 4.69) is 30.5 Å². The second kappa shape index (κ2) is 7.83. The largest absolute Gasteiger partial charge is 0.465 e. The van der Waals surface area contributed by atoms with Gasteiger partial charge in [0.2, 0.25) is 5.95 Å². The number of anilines is 3. The number of ether oxygens (including phenoxy) is 1. The Morgan fingerprint density at radius 1 is 1.22 bits per heavy atom. The van der Waals surface area contributed by atoms with Gasteiger partial charge in [0.25, 0.3) is 5.91 Å². The predicted octanol–water partition coefficient (Wildman–Crippen LogP) is 3.21. The Bertz CT molecular complexity index is 1000. The molecule has 0 saturated carbocycles. The zero-order chi connectivity index (χ0) is 19.4. The van der Waals surface area contributed by atoms with Crippen LogP contribution in [-0.2, 0) is 4.74 Å². The van der Waals surface area contributed by atoms with Crippen molar-refractivity contribution in [1.82, 2.24) is 15.1 Å². The van der Waals surface area contributed by atoms with Gasteiger partial charge in [-0.2, -0.15) is 0 Å². The van der Waals surface area contributed by atoms with Crippen LogP contribution in [0.1, 0.15) is 26.6 Å². The molecule has 138 valence electrons. The average molecular weight is 388 g/mol. The molecule has 0 fully saturated rings. The molecule has 27 heavy (non-hydrogen) atoms. The lowest BCUT2D eigenvalue weighted by Gasteiger charge is -2.09. The summed E-state index contributed by atoms with van der Waals surface area (Å²) in [4.78, 5) is 32.3. The van der Waals surface area contributed by atoms with Gasteiger partial charge < -0.3 is 19.9 Å². The normalized spacial score (nSPS) is 10.3. The minimum absolute atomic E-state index is 0.0901. The molecule has 0 aliphatic heterocycles. The number of carbonyl (C=O) groups excluding carboxylic acids is 2. The molecule has 1 amide bonds. The van der Waals surface area contributed by atoms with Crippen LogP contribution < -0.4 is 10.6 Å². The van der Waals surface area contributed by atoms with Crippen molar-refractivity contribution in [3.8, 4) is 0 Å². The summed E-state index contributed by atoms with van der Waals surface area (Å²) < 4.78 is 9.60. The Morgan fingerprint density at radius 2 is 2.04 bits per heavy atom. The number of carbonyl (C=O) groups is 2. The number of rotatable bonds is 5. The molecule has 0 unspecified atom stereocenters. The van der Waals surface area contributed by atoms with E-state index < -0.39 is 11.9 Å². The number of benzene rings is 1. The number of aromatic nitrogens is 3. The molecule has 2 N–H and O–H groups in total. The quantitative estimate of drug-likeness (QED) is 0.640. The molecule has 0 bridgehead atoms. The summed E-state index contributed by atoms with van der Waals surface area (Å²) in [7, 11) is 1.26. The lowest BCUT2D eigenvalue weighted by molar-refractivity contribution is 0.0600. The van der Waals surface area contributed by atoms with Crippen LogP contribution in [0.15, 0.2) is 41.1 Å². The molecule has 2 heterocycles. The number of nitrogens with zero attached hydrogens (tertiary/aromatic N) is 3. The summed E-state index contributed by atoms with van der Waals surface area (Å²) in [6.07, 6.45) is 1.42. The van der Waals surface area contributed by atoms with Crippen LogP contribution in [0.5, 0.6) is 0 Å². The van der Waals surface area contributed by atoms with Crippen molar-refractivity contribution in [3.63, 3.8) is 0 Å². The van der Waals surface area contributed by atoms with Crippen LogP contribution >= 0.6 is 11.6 Å². The number of amides is 1. The number of halogens is 1. The van der Waals surface area contributed by atoms with Gasteiger partial charge in [0.05, 0.1) is 23.4 Å². The Kier molecular flexibility index (Phi) is 5.32. The van der Waals surface area contributed by atoms with Crippen LogP contribution in [0, 0.1) is 6.92 Å². The molecule has 3 rings (SSSR count). The fourth-order valence-electron chi connectivity index (χ4n) is 2.14. The number of aryl methyl sites for hydroxylation is 1. The summed E-state index contributed by atoms with van der Waals surface area (Å²) in [6.45, 7) is 1.75. The lowest BCUT2D eigenvalue weighted by Crippen LogP contribution is -2.15. The summed E-state index contributed by atoms with van der Waals surface area (Å²) in [5.41, 5.74) is 0.598. The van der Waals surface area contributed by atoms with E-state index in [0.29, 0.717) is 11.6 Å². The van der Waals surface area contributed by atoms with E-state index in [1.165, 1.54) is 37.6 Å². The second-order valence-electron chi connectivity index (χ2n) is 5.35. The first-order valence-corrected chi connectivity index (χ1v) is 8.06. The predicted molar refractivity (Wildman–Crippen MR) is 97.3 cm³/mol. The van der Waals surface area contributed by atoms with Gasteiger partial charge in [0, 0.05) is 12.3 Å². The third-order valence-electron chi connectivity index (χ3n) is 3.39. The van der Waals surface area contributed by atoms with Gasteiger partial charge in [-0.25, -0.2) is 14.8 Å². The molecule has 9 nitrogen and oxygen atoms in total. The number of methoxy groups -OCH3 is 1. The van der Waals surface area contributed by atoms with Crippen molar-refractivity contribution in [1.29, 1.82) is 0 Å². The van der Waals surface area contributed by atoms with Crippen molar-refractivity contribution < 1.29 is 18.8 Å². The molecule has 0 atom stereocenters. The van der Waals surface area contributed by atoms with Crippen molar-refractivity contribution in [2.24, 2.45) is 0 Å². The third-order valence-corrected chi connectivity index (χ3v) is 3.72. The third kappa shape index (κ3) is 4.39. The highest BCUT2D eigenvalue weighted by Crippen LogP contribution is 2.24. The van der Waals surface area contributed by atoms with E-state index in [1.54, 1.807) is 13.0 Å². The van der Waals surface area contributed by atoms with Crippen molar-refractivity contribution in [2.45, 2.75) is 6.92 Å². The van der Waals surface area contributed by atoms with Crippen LogP contribution in [0.3, 0.4) is 0 Å². The minimum atomic E-state index is -0.543. The summed E-state index contributed by atoms with van der Waals surface area (Å²) >= 11 is 6.09. The standard InChI is InChI=1S/C17H14ClN5O4/c1-9-7-14(23-27-9)22-17-19-6-5-12(21-17)15(24)20-13-8-10(16(25)26-2)3-4-11(13)18/h3-8H,1-2H3,(H,20,24)(H,19,21,22,23). The minimum Gasteiger partial charge on any atom is -0.465 e. The molecular formula is C17H14ClN5O4. The molecular weight excluding hydrogens is 374 g/mol. The number of nitrogens with one attached hydrogen (secondary N) is 2. The lowest BCUT2D eigenvalue weighted by atomic mass is 10.2. The highest BCUT2D eigenvalue weighted by atomic mass is 35.5. The zero-order valence-electron chi connectivity index (χ0n) is 14.3. The highest BCUT2D eigenvalue weighted by molar-refractivity contribution is 6.34. The first-order chi connectivity index (χ1) is 13.0. The molecule has 0 aliphatic carbocycles. The molecule has 0 spiro atoms. The van der Waals surface area contributed by atoms with Crippen molar-refractivity contribution >= 4 is 40.9 Å². The first kappa shape index (κ1) is 18.3. The van der Waals surface area contributed by atoms with E-state index in [-0.39, 0.29) is 27.9 Å². The molecule has 10 heteroatoms. The fourth-order valence-corrected chi connectivity index (χ4v) is 2.30. The number of hydrogen-bond acceptors (Lipinski definition) is 8. The van der Waals surface area contributed by atoms with Gasteiger partial charge in [-0.1, -0.05) is 16.8 Å². The smallest absolute Gasteiger partial charge is 0.337 e. The van der Waals surface area contributed by atoms with E-state index in [9.17, 15) is 9.59 Å². The second-order valence-corrected chi connectivity index (χ2v) is 5.76. The Morgan fingerprint density at radius 3 is 2.74 bits per heavy atom. The molecule has 0 aliphatic rings. The van der Waals surface area contributed by atoms with Crippen LogP contribution in [0.4, 0.5) is 17.5 Å². The van der Waals surface area contributed by atoms with Crippen molar-refractivity contribution in [2.75, 3.05) is 17.7 Å². The zero-order valence-corrected chi connectivity index (χ0v) is 15.1. The van der Waals surface area contributed by atoms with Crippen molar-refractivity contribution in [3.05, 3.63) is 58.6 Å². The molecule has 3 aromatic rings. The maximum Gasteiger partial charge on any atom is 0.337 e. The molecule has 0 radical (unpaired) electrons. The van der Waals surface area contributed by atoms with E-state index in [4.69, 9.17) is 16.1 Å². The summed E-state index contributed by atoms with van der Waals surface area (Å²) in [6, 6.07) is 7.51. The average Bonchev–Trinajstić information content (AvgIpc) is 3.07. The topological polar surface area (TPSA) is 119 Å². The van der Waals surface area contributed by atoms with Gasteiger partial charge >= 0.3 is 5.97 Å². The van der Waals surface area contributed by atoms with Crippen LogP contribution in [0.2, 0.25) is 5.02 Å². The van der Waals surface area contributed by atoms with Gasteiger partial charge in [0.1, 0.15) is 11.5 Å².